The number of nitrogens with one attached hydrogen (secondary N) is 1. The lowest BCUT2D eigenvalue weighted by Gasteiger charge is -2.22. The van der Waals surface area contributed by atoms with Crippen LogP contribution in [0.4, 0.5) is 5.82 Å². The first-order chi connectivity index (χ1) is 9.36. The summed E-state index contributed by atoms with van der Waals surface area (Å²) in [4.78, 5) is 6.42. The summed E-state index contributed by atoms with van der Waals surface area (Å²) in [5, 5.41) is 2.88. The standard InChI is InChI=1S/C13H22N4O2S/c1-10-8-17(9-12(10)16(3)4)20(18,19)11-5-6-13(14-2)15-7-11/h5-7,10,12H,8-9H2,1-4H3,(H,14,15). The highest BCUT2D eigenvalue weighted by molar-refractivity contribution is 7.89. The minimum absolute atomic E-state index is 0.253. The number of anilines is 1. The average Bonchev–Trinajstić information content (AvgIpc) is 2.82. The SMILES string of the molecule is CNc1ccc(S(=O)(=O)N2CC(C)C(N(C)C)C2)cn1. The highest BCUT2D eigenvalue weighted by atomic mass is 32.2. The Morgan fingerprint density at radius 2 is 2.05 bits per heavy atom. The molecule has 0 amide bonds. The number of pyridine rings is 1. The Balaban J connectivity index is 2.22. The molecule has 1 aliphatic rings. The van der Waals surface area contributed by atoms with Gasteiger partial charge < -0.3 is 10.2 Å². The van der Waals surface area contributed by atoms with E-state index in [0.717, 1.165) is 0 Å². The summed E-state index contributed by atoms with van der Waals surface area (Å²) >= 11 is 0. The average molecular weight is 298 g/mol. The lowest BCUT2D eigenvalue weighted by molar-refractivity contribution is 0.263. The summed E-state index contributed by atoms with van der Waals surface area (Å²) in [7, 11) is 2.28. The summed E-state index contributed by atoms with van der Waals surface area (Å²) < 4.78 is 26.7. The zero-order valence-electron chi connectivity index (χ0n) is 12.4. The third-order valence-corrected chi connectivity index (χ3v) is 5.65. The van der Waals surface area contributed by atoms with Crippen molar-refractivity contribution < 1.29 is 8.42 Å². The summed E-state index contributed by atoms with van der Waals surface area (Å²) in [5.41, 5.74) is 0. The van der Waals surface area contributed by atoms with Crippen LogP contribution in [0.1, 0.15) is 6.92 Å². The zero-order chi connectivity index (χ0) is 14.9. The van der Waals surface area contributed by atoms with Crippen molar-refractivity contribution in [3.05, 3.63) is 18.3 Å². The monoisotopic (exact) mass is 298 g/mol. The number of hydrogen-bond donors (Lipinski definition) is 1. The van der Waals surface area contributed by atoms with Crippen molar-refractivity contribution >= 4 is 15.8 Å². The number of nitrogens with zero attached hydrogens (tertiary/aromatic N) is 3. The largest absolute Gasteiger partial charge is 0.373 e. The smallest absolute Gasteiger partial charge is 0.244 e. The molecule has 1 saturated heterocycles. The predicted molar refractivity (Wildman–Crippen MR) is 79.2 cm³/mol. The van der Waals surface area contributed by atoms with Crippen molar-refractivity contribution in [1.82, 2.24) is 14.2 Å². The van der Waals surface area contributed by atoms with Gasteiger partial charge in [-0.15, -0.1) is 0 Å². The molecule has 1 N–H and O–H groups in total. The minimum Gasteiger partial charge on any atom is -0.373 e. The molecule has 1 aromatic heterocycles. The van der Waals surface area contributed by atoms with Gasteiger partial charge in [0.2, 0.25) is 10.0 Å². The van der Waals surface area contributed by atoms with Crippen LogP contribution in [-0.2, 0) is 10.0 Å². The van der Waals surface area contributed by atoms with Gasteiger partial charge in [-0.05, 0) is 32.1 Å². The van der Waals surface area contributed by atoms with Gasteiger partial charge in [-0.3, -0.25) is 0 Å². The van der Waals surface area contributed by atoms with Crippen LogP contribution in [0.3, 0.4) is 0 Å². The second kappa shape index (κ2) is 5.67. The quantitative estimate of drug-likeness (QED) is 0.886. The molecular weight excluding hydrogens is 276 g/mol. The molecule has 2 unspecified atom stereocenters. The van der Waals surface area contributed by atoms with E-state index in [4.69, 9.17) is 0 Å². The van der Waals surface area contributed by atoms with Gasteiger partial charge in [-0.25, -0.2) is 13.4 Å². The number of rotatable bonds is 4. The molecule has 0 saturated carbocycles. The third kappa shape index (κ3) is 2.79. The number of sulfonamides is 1. The molecule has 1 fully saturated rings. The Morgan fingerprint density at radius 3 is 2.50 bits per heavy atom. The topological polar surface area (TPSA) is 65.5 Å². The molecule has 1 aliphatic heterocycles. The maximum absolute atomic E-state index is 12.6. The molecule has 2 atom stereocenters. The van der Waals surface area contributed by atoms with Gasteiger partial charge in [-0.1, -0.05) is 6.92 Å². The van der Waals surface area contributed by atoms with E-state index in [1.165, 1.54) is 6.20 Å². The molecule has 112 valence electrons. The first-order valence-electron chi connectivity index (χ1n) is 6.66. The molecule has 2 heterocycles. The predicted octanol–water partition coefficient (Wildman–Crippen LogP) is 0.694. The molecule has 1 aromatic rings. The van der Waals surface area contributed by atoms with E-state index in [-0.39, 0.29) is 10.9 Å². The fourth-order valence-electron chi connectivity index (χ4n) is 2.60. The molecule has 7 heteroatoms. The van der Waals surface area contributed by atoms with Crippen LogP contribution < -0.4 is 5.32 Å². The van der Waals surface area contributed by atoms with E-state index in [1.807, 2.05) is 14.1 Å². The van der Waals surface area contributed by atoms with E-state index in [9.17, 15) is 8.42 Å². The lowest BCUT2D eigenvalue weighted by atomic mass is 10.1. The Kier molecular flexibility index (Phi) is 4.31. The van der Waals surface area contributed by atoms with E-state index >= 15 is 0 Å². The first-order valence-corrected chi connectivity index (χ1v) is 8.10. The maximum Gasteiger partial charge on any atom is 0.244 e. The molecule has 20 heavy (non-hydrogen) atoms. The Hall–Kier alpha value is -1.18. The van der Waals surface area contributed by atoms with Gasteiger partial charge in [0.15, 0.2) is 0 Å². The van der Waals surface area contributed by atoms with Gasteiger partial charge in [-0.2, -0.15) is 4.31 Å². The van der Waals surface area contributed by atoms with E-state index in [2.05, 4.69) is 22.1 Å². The van der Waals surface area contributed by atoms with Crippen LogP contribution in [0.25, 0.3) is 0 Å². The minimum atomic E-state index is -3.45. The molecule has 0 bridgehead atoms. The number of hydrogen-bond acceptors (Lipinski definition) is 5. The normalized spacial score (nSPS) is 24.2. The van der Waals surface area contributed by atoms with Gasteiger partial charge in [0.25, 0.3) is 0 Å². The van der Waals surface area contributed by atoms with Crippen LogP contribution >= 0.6 is 0 Å². The Bertz CT molecular complexity index is 556. The van der Waals surface area contributed by atoms with Crippen molar-refractivity contribution in [1.29, 1.82) is 0 Å². The van der Waals surface area contributed by atoms with Crippen molar-refractivity contribution in [3.8, 4) is 0 Å². The van der Waals surface area contributed by atoms with Crippen molar-refractivity contribution in [2.45, 2.75) is 17.9 Å². The van der Waals surface area contributed by atoms with Crippen LogP contribution in [-0.4, -0.2) is 62.9 Å². The van der Waals surface area contributed by atoms with Crippen LogP contribution in [0, 0.1) is 5.92 Å². The van der Waals surface area contributed by atoms with Crippen LogP contribution in [0.15, 0.2) is 23.2 Å². The summed E-state index contributed by atoms with van der Waals surface area (Å²) in [6.45, 7) is 3.17. The summed E-state index contributed by atoms with van der Waals surface area (Å²) in [6.07, 6.45) is 1.41. The van der Waals surface area contributed by atoms with Gasteiger partial charge in [0.05, 0.1) is 0 Å². The molecule has 0 aliphatic carbocycles. The molecular formula is C13H22N4O2S. The van der Waals surface area contributed by atoms with Crippen molar-refractivity contribution in [3.63, 3.8) is 0 Å². The number of aromatic nitrogens is 1. The van der Waals surface area contributed by atoms with Crippen molar-refractivity contribution in [2.75, 3.05) is 39.5 Å². The van der Waals surface area contributed by atoms with Gasteiger partial charge >= 0.3 is 0 Å². The molecule has 0 aromatic carbocycles. The highest BCUT2D eigenvalue weighted by Crippen LogP contribution is 2.26. The van der Waals surface area contributed by atoms with E-state index in [0.29, 0.717) is 24.8 Å². The fourth-order valence-corrected chi connectivity index (χ4v) is 4.11. The second-order valence-electron chi connectivity index (χ2n) is 5.46. The summed E-state index contributed by atoms with van der Waals surface area (Å²) in [6, 6.07) is 3.53. The van der Waals surface area contributed by atoms with Crippen LogP contribution in [0.2, 0.25) is 0 Å². The third-order valence-electron chi connectivity index (χ3n) is 3.83. The number of likely N-dealkylation sites (N-methyl/N-ethyl adjacent to an activating group) is 1. The lowest BCUT2D eigenvalue weighted by Crippen LogP contribution is -2.35. The fraction of sp³-hybridized carbons (Fsp3) is 0.615. The molecule has 2 rings (SSSR count). The van der Waals surface area contributed by atoms with Gasteiger partial charge in [0.1, 0.15) is 10.7 Å². The zero-order valence-corrected chi connectivity index (χ0v) is 13.2. The molecule has 6 nitrogen and oxygen atoms in total. The van der Waals surface area contributed by atoms with E-state index < -0.39 is 10.0 Å². The van der Waals surface area contributed by atoms with Crippen LogP contribution in [0.5, 0.6) is 0 Å². The van der Waals surface area contributed by atoms with E-state index in [1.54, 1.807) is 23.5 Å². The van der Waals surface area contributed by atoms with Gasteiger partial charge in [0, 0.05) is 32.4 Å². The maximum atomic E-state index is 12.6. The Labute approximate surface area is 120 Å². The Morgan fingerprint density at radius 1 is 1.35 bits per heavy atom. The summed E-state index contributed by atoms with van der Waals surface area (Å²) in [5.74, 6) is 0.981. The molecule has 0 spiro atoms. The first kappa shape index (κ1) is 15.2. The second-order valence-corrected chi connectivity index (χ2v) is 7.40. The molecule has 0 radical (unpaired) electrons. The van der Waals surface area contributed by atoms with Crippen molar-refractivity contribution in [2.24, 2.45) is 5.92 Å². The highest BCUT2D eigenvalue weighted by Gasteiger charge is 2.38.